The predicted molar refractivity (Wildman–Crippen MR) is 543 cm³/mol. The normalized spacial score (nSPS) is 14.7. The summed E-state index contributed by atoms with van der Waals surface area (Å²) in [6, 6.07) is 56.3. The lowest BCUT2D eigenvalue weighted by molar-refractivity contribution is -0.133. The van der Waals surface area contributed by atoms with Gasteiger partial charge in [-0.1, -0.05) is 453 Å². The quantitative estimate of drug-likeness (QED) is 0.0749. The number of anilines is 3. The standard InChI is InChI=1S/C80H112N2O2.C39H57N/c1-47-31-65(49(3)53-35-57(73(7,8)9)43-58(36-53)74(10,11)12)69(66(32-47)50(4)54-37-59(75(13,14)15)44-60(38-54)76(16,17)18)81-71(83)72(84)82-70-67(51(5)55-39-61(77(19,20)21)45-62(40-55)78(22,23)24)33-48(2)34-68(70)52(6)56-41-63(79(25,26)27)46-64(42-56)80(28,29)30;1-24-16-33(25(2)27-18-29(36(4,5)6)22-30(19-27)37(7,8)9)35(40)34(17-24)26(3)28-20-31(38(10,11)12)23-32(21-28)39(13,14)15/h31-46,49-52H,1-30H3,(H,81,83)(H,82,84);16-23,25-26H,40H2,1-15H3/t49-,50?,51?,52?;/m0./s1. The fraction of sp³-hybridized carbons (Fsp3) is 0.529. The Bertz CT molecular complexity index is 4650. The van der Waals surface area contributed by atoms with Gasteiger partial charge in [-0.15, -0.1) is 0 Å². The molecule has 672 valence electrons. The number of aryl methyl sites for hydroxylation is 3. The molecule has 0 saturated carbocycles. The van der Waals surface area contributed by atoms with Crippen LogP contribution in [0.25, 0.3) is 0 Å². The van der Waals surface area contributed by atoms with Gasteiger partial charge in [0.25, 0.3) is 0 Å². The molecule has 4 N–H and O–H groups in total. The first kappa shape index (κ1) is 101. The lowest BCUT2D eigenvalue weighted by Gasteiger charge is -2.31. The minimum atomic E-state index is -0.703. The van der Waals surface area contributed by atoms with Crippen molar-refractivity contribution in [2.24, 2.45) is 0 Å². The summed E-state index contributed by atoms with van der Waals surface area (Å²) in [4.78, 5) is 31.3. The summed E-state index contributed by atoms with van der Waals surface area (Å²) in [7, 11) is 0. The van der Waals surface area contributed by atoms with Crippen LogP contribution in [-0.2, 0) is 74.6 Å². The molecule has 0 saturated heterocycles. The van der Waals surface area contributed by atoms with Gasteiger partial charge in [0.15, 0.2) is 0 Å². The molecule has 124 heavy (non-hydrogen) atoms. The topological polar surface area (TPSA) is 84.2 Å². The SMILES string of the molecule is Cc1cc(C(C)c2cc(C(C)(C)C)cc(C(C)(C)C)c2)c(N)c(C(C)c2cc(C(C)(C)C)cc(C(C)(C)C)c2)c1.Cc1cc(C(C)c2cc(C(C)(C)C)cc(C(C)(C)C)c2)c(NC(=O)C(=O)Nc2c(C(C)c3cc(C(C)(C)C)cc(C(C)(C)C)c3)cc(C)cc2[C@@H](C)c2cc(C(C)(C)C)cc(C(C)(C)C)c2)c(C(C)c2cc(C(C)(C)C)cc(C(C)(C)C)c2)c1. The highest BCUT2D eigenvalue weighted by molar-refractivity contribution is 6.44. The number of hydrogen-bond donors (Lipinski definition) is 3. The third-order valence-corrected chi connectivity index (χ3v) is 26.7. The number of amides is 2. The van der Waals surface area contributed by atoms with Crippen molar-refractivity contribution in [1.82, 2.24) is 0 Å². The molecule has 0 bridgehead atoms. The molecule has 0 fully saturated rings. The van der Waals surface area contributed by atoms with Crippen molar-refractivity contribution in [2.75, 3.05) is 16.4 Å². The van der Waals surface area contributed by atoms with Crippen LogP contribution in [0.4, 0.5) is 17.1 Å². The van der Waals surface area contributed by atoms with Gasteiger partial charge in [0.05, 0.1) is 0 Å². The molecule has 9 rings (SSSR count). The average Bonchev–Trinajstić information content (AvgIpc) is 0.764. The third kappa shape index (κ3) is 24.3. The van der Waals surface area contributed by atoms with E-state index in [0.717, 1.165) is 39.1 Å². The fourth-order valence-corrected chi connectivity index (χ4v) is 16.9. The molecule has 0 radical (unpaired) electrons. The van der Waals surface area contributed by atoms with E-state index in [0.29, 0.717) is 11.4 Å². The van der Waals surface area contributed by atoms with Crippen LogP contribution in [0.1, 0.15) is 477 Å². The summed E-state index contributed by atoms with van der Waals surface area (Å²) >= 11 is 0. The van der Waals surface area contributed by atoms with Crippen LogP contribution in [0.15, 0.2) is 146 Å². The van der Waals surface area contributed by atoms with Gasteiger partial charge < -0.3 is 16.4 Å². The first-order valence-electron chi connectivity index (χ1n) is 46.7. The lowest BCUT2D eigenvalue weighted by atomic mass is 9.76. The van der Waals surface area contributed by atoms with Crippen molar-refractivity contribution in [3.05, 3.63) is 296 Å². The third-order valence-electron chi connectivity index (χ3n) is 26.7. The fourth-order valence-electron chi connectivity index (χ4n) is 16.9. The Morgan fingerprint density at radius 1 is 0.202 bits per heavy atom. The van der Waals surface area contributed by atoms with Gasteiger partial charge in [0.2, 0.25) is 0 Å². The molecule has 0 spiro atoms. The van der Waals surface area contributed by atoms with E-state index in [1.54, 1.807) is 0 Å². The van der Waals surface area contributed by atoms with Gasteiger partial charge in [0.1, 0.15) is 0 Å². The molecule has 0 aliphatic rings. The number of carbonyl (C=O) groups is 2. The summed E-state index contributed by atoms with van der Waals surface area (Å²) in [5, 5.41) is 6.85. The molecule has 6 atom stereocenters. The zero-order chi connectivity index (χ0) is 94.3. The zero-order valence-corrected chi connectivity index (χ0v) is 86.7. The van der Waals surface area contributed by atoms with E-state index in [4.69, 9.17) is 5.73 Å². The second kappa shape index (κ2) is 35.7. The average molecular weight is 1670 g/mol. The molecular formula is C119H169N3O2. The Morgan fingerprint density at radius 3 is 0.435 bits per heavy atom. The van der Waals surface area contributed by atoms with Crippen LogP contribution in [0.5, 0.6) is 0 Å². The van der Waals surface area contributed by atoms with E-state index < -0.39 is 11.8 Å². The second-order valence-electron chi connectivity index (χ2n) is 50.3. The molecule has 9 aromatic carbocycles. The van der Waals surface area contributed by atoms with Gasteiger partial charge in [-0.25, -0.2) is 0 Å². The van der Waals surface area contributed by atoms with Crippen LogP contribution < -0.4 is 16.4 Å². The number of carbonyl (C=O) groups excluding carboxylic acids is 2. The van der Waals surface area contributed by atoms with Crippen molar-refractivity contribution in [3.8, 4) is 0 Å². The Morgan fingerprint density at radius 2 is 0.315 bits per heavy atom. The first-order chi connectivity index (χ1) is 56.0. The molecule has 5 unspecified atom stereocenters. The Balaban J connectivity index is 0.000000397. The first-order valence-corrected chi connectivity index (χ1v) is 46.7. The minimum absolute atomic E-state index is 0.0797. The smallest absolute Gasteiger partial charge is 0.314 e. The highest BCUT2D eigenvalue weighted by Gasteiger charge is 2.35. The number of benzene rings is 9. The van der Waals surface area contributed by atoms with E-state index in [2.05, 4.69) is 468 Å². The van der Waals surface area contributed by atoms with E-state index >= 15 is 9.59 Å². The van der Waals surface area contributed by atoms with Gasteiger partial charge >= 0.3 is 11.8 Å². The summed E-state index contributed by atoms with van der Waals surface area (Å²) < 4.78 is 0. The Labute approximate surface area is 757 Å². The van der Waals surface area contributed by atoms with Crippen LogP contribution in [-0.4, -0.2) is 11.8 Å². The molecule has 9 aromatic rings. The summed E-state index contributed by atoms with van der Waals surface area (Å²) in [6.45, 7) is 103. The number of nitrogen functional groups attached to an aromatic ring is 1. The van der Waals surface area contributed by atoms with E-state index in [1.165, 1.54) is 117 Å². The zero-order valence-electron chi connectivity index (χ0n) is 86.7. The summed E-state index contributed by atoms with van der Waals surface area (Å²) in [5.74, 6) is -1.61. The molecule has 5 heteroatoms. The minimum Gasteiger partial charge on any atom is -0.398 e. The summed E-state index contributed by atoms with van der Waals surface area (Å²) in [6.07, 6.45) is 0. The van der Waals surface area contributed by atoms with Crippen LogP contribution in [0, 0.1) is 20.8 Å². The van der Waals surface area contributed by atoms with Gasteiger partial charge in [-0.05, 0) is 219 Å². The lowest BCUT2D eigenvalue weighted by Crippen LogP contribution is -2.31. The Hall–Kier alpha value is -8.28. The van der Waals surface area contributed by atoms with Crippen LogP contribution >= 0.6 is 0 Å². The molecule has 0 aromatic heterocycles. The highest BCUT2D eigenvalue weighted by atomic mass is 16.2. The number of nitrogens with one attached hydrogen (secondary N) is 2. The van der Waals surface area contributed by atoms with Crippen LogP contribution in [0.3, 0.4) is 0 Å². The van der Waals surface area contributed by atoms with E-state index in [1.807, 2.05) is 0 Å². The van der Waals surface area contributed by atoms with Crippen molar-refractivity contribution < 1.29 is 9.59 Å². The van der Waals surface area contributed by atoms with E-state index in [9.17, 15) is 0 Å². The maximum atomic E-state index is 15.6. The molecule has 0 aliphatic heterocycles. The van der Waals surface area contributed by atoms with Gasteiger partial charge in [-0.3, -0.25) is 9.59 Å². The number of hydrogen-bond acceptors (Lipinski definition) is 3. The Kier molecular flexibility index (Phi) is 29.2. The highest BCUT2D eigenvalue weighted by Crippen LogP contribution is 2.49. The molecular weight excluding hydrogens is 1500 g/mol. The maximum Gasteiger partial charge on any atom is 0.314 e. The van der Waals surface area contributed by atoms with Gasteiger partial charge in [0, 0.05) is 52.6 Å². The van der Waals surface area contributed by atoms with E-state index in [-0.39, 0.29) is 100 Å². The number of rotatable bonds is 14. The van der Waals surface area contributed by atoms with Crippen molar-refractivity contribution in [3.63, 3.8) is 0 Å². The van der Waals surface area contributed by atoms with Crippen molar-refractivity contribution in [2.45, 2.75) is 412 Å². The van der Waals surface area contributed by atoms with Gasteiger partial charge in [-0.2, -0.15) is 0 Å². The molecule has 5 nitrogen and oxygen atoms in total. The monoisotopic (exact) mass is 1670 g/mol. The molecule has 0 heterocycles. The molecule has 2 amide bonds. The summed E-state index contributed by atoms with van der Waals surface area (Å²) in [5.41, 5.74) is 41.9. The predicted octanol–water partition coefficient (Wildman–Crippen LogP) is 32.9. The van der Waals surface area contributed by atoms with Crippen molar-refractivity contribution in [1.29, 1.82) is 0 Å². The maximum absolute atomic E-state index is 15.6. The molecule has 0 aliphatic carbocycles. The largest absolute Gasteiger partial charge is 0.398 e. The van der Waals surface area contributed by atoms with Crippen molar-refractivity contribution >= 4 is 28.9 Å². The van der Waals surface area contributed by atoms with Crippen LogP contribution in [0.2, 0.25) is 0 Å². The number of nitrogens with two attached hydrogens (primary N) is 1. The second-order valence-corrected chi connectivity index (χ2v) is 50.3.